The van der Waals surface area contributed by atoms with Crippen LogP contribution in [0.4, 0.5) is 5.69 Å². The van der Waals surface area contributed by atoms with E-state index in [9.17, 15) is 9.90 Å². The Kier molecular flexibility index (Phi) is 5.02. The highest BCUT2D eigenvalue weighted by atomic mass is 35.5. The average molecular weight is 297 g/mol. The van der Waals surface area contributed by atoms with Crippen LogP contribution in [0.15, 0.2) is 18.2 Å². The zero-order chi connectivity index (χ0) is 14.7. The molecule has 1 heterocycles. The predicted molar refractivity (Wildman–Crippen MR) is 81.0 cm³/mol. The normalized spacial score (nSPS) is 23.0. The number of anilines is 1. The van der Waals surface area contributed by atoms with Gasteiger partial charge in [-0.15, -0.1) is 0 Å². The first-order valence-electron chi connectivity index (χ1n) is 6.92. The van der Waals surface area contributed by atoms with Crippen molar-refractivity contribution in [1.82, 2.24) is 4.90 Å². The summed E-state index contributed by atoms with van der Waals surface area (Å²) < 4.78 is 0. The topological polar surface area (TPSA) is 52.6 Å². The minimum Gasteiger partial charge on any atom is -0.395 e. The molecule has 1 amide bonds. The Balaban J connectivity index is 1.95. The number of carbonyl (C=O) groups is 1. The number of amides is 1. The van der Waals surface area contributed by atoms with Crippen LogP contribution in [0.25, 0.3) is 0 Å². The van der Waals surface area contributed by atoms with Crippen LogP contribution >= 0.6 is 11.6 Å². The molecule has 110 valence electrons. The summed E-state index contributed by atoms with van der Waals surface area (Å²) in [7, 11) is 0. The van der Waals surface area contributed by atoms with Gasteiger partial charge in [0.2, 0.25) is 5.91 Å². The number of nitrogens with zero attached hydrogens (tertiary/aromatic N) is 1. The molecule has 0 saturated carbocycles. The second-order valence-corrected chi connectivity index (χ2v) is 5.93. The van der Waals surface area contributed by atoms with Crippen molar-refractivity contribution in [2.24, 2.45) is 5.92 Å². The fourth-order valence-corrected chi connectivity index (χ4v) is 2.96. The summed E-state index contributed by atoms with van der Waals surface area (Å²) in [5.74, 6) is 0.332. The van der Waals surface area contributed by atoms with Gasteiger partial charge >= 0.3 is 0 Å². The van der Waals surface area contributed by atoms with Crippen LogP contribution in [0.1, 0.15) is 18.9 Å². The maximum atomic E-state index is 12.1. The van der Waals surface area contributed by atoms with Gasteiger partial charge in [0.15, 0.2) is 0 Å². The molecule has 20 heavy (non-hydrogen) atoms. The fraction of sp³-hybridized carbons (Fsp3) is 0.533. The molecule has 2 unspecified atom stereocenters. The number of nitrogens with one attached hydrogen (secondary N) is 1. The Bertz CT molecular complexity index is 493. The molecule has 1 aromatic carbocycles. The van der Waals surface area contributed by atoms with Gasteiger partial charge in [0, 0.05) is 6.04 Å². The molecule has 0 bridgehead atoms. The van der Waals surface area contributed by atoms with Gasteiger partial charge in [-0.05, 0) is 43.5 Å². The van der Waals surface area contributed by atoms with E-state index in [0.717, 1.165) is 18.5 Å². The van der Waals surface area contributed by atoms with Crippen molar-refractivity contribution >= 4 is 23.2 Å². The van der Waals surface area contributed by atoms with Gasteiger partial charge in [-0.3, -0.25) is 9.69 Å². The average Bonchev–Trinajstić information content (AvgIpc) is 2.73. The van der Waals surface area contributed by atoms with Gasteiger partial charge in [-0.2, -0.15) is 0 Å². The summed E-state index contributed by atoms with van der Waals surface area (Å²) in [5.41, 5.74) is 1.69. The lowest BCUT2D eigenvalue weighted by Gasteiger charge is -2.24. The first-order chi connectivity index (χ1) is 9.51. The number of likely N-dealkylation sites (tertiary alicyclic amines) is 1. The van der Waals surface area contributed by atoms with Crippen molar-refractivity contribution in [3.05, 3.63) is 28.8 Å². The van der Waals surface area contributed by atoms with Gasteiger partial charge in [0.05, 0.1) is 23.9 Å². The van der Waals surface area contributed by atoms with E-state index in [1.165, 1.54) is 0 Å². The Labute approximate surface area is 124 Å². The van der Waals surface area contributed by atoms with E-state index < -0.39 is 0 Å². The van der Waals surface area contributed by atoms with Crippen molar-refractivity contribution < 1.29 is 9.90 Å². The third kappa shape index (κ3) is 3.51. The maximum Gasteiger partial charge on any atom is 0.238 e. The zero-order valence-electron chi connectivity index (χ0n) is 11.9. The van der Waals surface area contributed by atoms with Crippen molar-refractivity contribution in [2.75, 3.05) is 25.0 Å². The number of aliphatic hydroxyl groups excluding tert-OH is 1. The van der Waals surface area contributed by atoms with Crippen LogP contribution in [-0.4, -0.2) is 41.7 Å². The largest absolute Gasteiger partial charge is 0.395 e. The monoisotopic (exact) mass is 296 g/mol. The number of hydrogen-bond acceptors (Lipinski definition) is 3. The molecule has 2 rings (SSSR count). The highest BCUT2D eigenvalue weighted by molar-refractivity contribution is 6.33. The smallest absolute Gasteiger partial charge is 0.238 e. The predicted octanol–water partition coefficient (Wildman–Crippen LogP) is 2.29. The summed E-state index contributed by atoms with van der Waals surface area (Å²) in [6.45, 7) is 5.30. The van der Waals surface area contributed by atoms with E-state index in [4.69, 9.17) is 11.6 Å². The molecule has 0 aromatic heterocycles. The number of aryl methyl sites for hydroxylation is 1. The second-order valence-electron chi connectivity index (χ2n) is 5.52. The highest BCUT2D eigenvalue weighted by Gasteiger charge is 2.31. The van der Waals surface area contributed by atoms with E-state index in [1.807, 2.05) is 30.0 Å². The summed E-state index contributed by atoms with van der Waals surface area (Å²) in [4.78, 5) is 14.1. The van der Waals surface area contributed by atoms with Crippen LogP contribution in [0.5, 0.6) is 0 Å². The molecule has 2 atom stereocenters. The second kappa shape index (κ2) is 6.57. The first kappa shape index (κ1) is 15.3. The summed E-state index contributed by atoms with van der Waals surface area (Å²) in [5, 5.41) is 12.8. The Morgan fingerprint density at radius 1 is 1.55 bits per heavy atom. The summed E-state index contributed by atoms with van der Waals surface area (Å²) >= 11 is 6.10. The maximum absolute atomic E-state index is 12.1. The standard InChI is InChI=1S/C15H21ClN2O2/c1-10-3-4-13(12(16)7-10)17-15(20)8-18-6-5-11(2)14(18)9-19/h3-4,7,11,14,19H,5-6,8-9H2,1-2H3,(H,17,20). The van der Waals surface area contributed by atoms with Gasteiger partial charge in [0.1, 0.15) is 0 Å². The quantitative estimate of drug-likeness (QED) is 0.896. The van der Waals surface area contributed by atoms with Crippen LogP contribution in [0.2, 0.25) is 5.02 Å². The number of rotatable bonds is 4. The molecule has 1 aliphatic heterocycles. The van der Waals surface area contributed by atoms with Gasteiger partial charge < -0.3 is 10.4 Å². The van der Waals surface area contributed by atoms with E-state index in [1.54, 1.807) is 0 Å². The van der Waals surface area contributed by atoms with Crippen molar-refractivity contribution in [3.63, 3.8) is 0 Å². The third-order valence-electron chi connectivity index (χ3n) is 3.93. The van der Waals surface area contributed by atoms with Crippen LogP contribution in [0.3, 0.4) is 0 Å². The van der Waals surface area contributed by atoms with E-state index >= 15 is 0 Å². The minimum atomic E-state index is -0.0942. The third-order valence-corrected chi connectivity index (χ3v) is 4.24. The Morgan fingerprint density at radius 3 is 2.95 bits per heavy atom. The highest BCUT2D eigenvalue weighted by Crippen LogP contribution is 2.25. The first-order valence-corrected chi connectivity index (χ1v) is 7.30. The molecule has 1 fully saturated rings. The lowest BCUT2D eigenvalue weighted by atomic mass is 10.0. The molecule has 1 saturated heterocycles. The zero-order valence-corrected chi connectivity index (χ0v) is 12.7. The van der Waals surface area contributed by atoms with Crippen molar-refractivity contribution in [3.8, 4) is 0 Å². The van der Waals surface area contributed by atoms with Gasteiger partial charge in [0.25, 0.3) is 0 Å². The van der Waals surface area contributed by atoms with E-state index in [0.29, 0.717) is 23.2 Å². The molecule has 5 heteroatoms. The lowest BCUT2D eigenvalue weighted by molar-refractivity contribution is -0.117. The molecule has 1 aliphatic rings. The lowest BCUT2D eigenvalue weighted by Crippen LogP contribution is -2.40. The number of halogens is 1. The van der Waals surface area contributed by atoms with Crippen molar-refractivity contribution in [1.29, 1.82) is 0 Å². The van der Waals surface area contributed by atoms with Crippen LogP contribution in [0, 0.1) is 12.8 Å². The van der Waals surface area contributed by atoms with Crippen LogP contribution in [-0.2, 0) is 4.79 Å². The molecule has 0 aliphatic carbocycles. The number of hydrogen-bond donors (Lipinski definition) is 2. The van der Waals surface area contributed by atoms with E-state index in [-0.39, 0.29) is 18.6 Å². The van der Waals surface area contributed by atoms with Crippen LogP contribution < -0.4 is 5.32 Å². The number of aliphatic hydroxyl groups is 1. The number of benzene rings is 1. The fourth-order valence-electron chi connectivity index (χ4n) is 2.67. The summed E-state index contributed by atoms with van der Waals surface area (Å²) in [6.07, 6.45) is 1.02. The molecule has 0 radical (unpaired) electrons. The van der Waals surface area contributed by atoms with Crippen molar-refractivity contribution in [2.45, 2.75) is 26.3 Å². The molecule has 2 N–H and O–H groups in total. The minimum absolute atomic E-state index is 0.0780. The Hall–Kier alpha value is -1.10. The molecule has 4 nitrogen and oxygen atoms in total. The Morgan fingerprint density at radius 2 is 2.30 bits per heavy atom. The van der Waals surface area contributed by atoms with Gasteiger partial charge in [-0.1, -0.05) is 24.6 Å². The SMILES string of the molecule is Cc1ccc(NC(=O)CN2CCC(C)C2CO)c(Cl)c1. The molecular weight excluding hydrogens is 276 g/mol. The molecular formula is C15H21ClN2O2. The van der Waals surface area contributed by atoms with Gasteiger partial charge in [-0.25, -0.2) is 0 Å². The summed E-state index contributed by atoms with van der Waals surface area (Å²) in [6, 6.07) is 5.63. The van der Waals surface area contributed by atoms with E-state index in [2.05, 4.69) is 12.2 Å². The molecule has 1 aromatic rings. The number of carbonyl (C=O) groups excluding carboxylic acids is 1. The molecule has 0 spiro atoms.